The minimum absolute atomic E-state index is 0.0348. The third kappa shape index (κ3) is 6.54. The quantitative estimate of drug-likeness (QED) is 0.747. The molecule has 28 heavy (non-hydrogen) atoms. The van der Waals surface area contributed by atoms with Crippen molar-refractivity contribution < 1.29 is 30.9 Å². The molecule has 1 aliphatic rings. The number of halogens is 3. The summed E-state index contributed by atoms with van der Waals surface area (Å²) < 4.78 is 72.6. The second-order valence-electron chi connectivity index (χ2n) is 5.83. The Labute approximate surface area is 160 Å². The van der Waals surface area contributed by atoms with Crippen LogP contribution in [0.2, 0.25) is 0 Å². The Kier molecular flexibility index (Phi) is 7.03. The van der Waals surface area contributed by atoms with Gasteiger partial charge in [-0.15, -0.1) is 0 Å². The molecule has 0 bridgehead atoms. The first-order valence-corrected chi connectivity index (χ1v) is 9.62. The molecule has 0 spiro atoms. The molecule has 0 fully saturated rings. The van der Waals surface area contributed by atoms with E-state index in [1.807, 2.05) is 6.92 Å². The van der Waals surface area contributed by atoms with E-state index < -0.39 is 21.9 Å². The number of alkyl halides is 3. The molecule has 2 N–H and O–H groups in total. The highest BCUT2D eigenvalue weighted by molar-refractivity contribution is 7.85. The normalized spacial score (nSPS) is 13.8. The van der Waals surface area contributed by atoms with Gasteiger partial charge >= 0.3 is 6.18 Å². The van der Waals surface area contributed by atoms with Gasteiger partial charge in [0.25, 0.3) is 10.1 Å². The van der Waals surface area contributed by atoms with Gasteiger partial charge < -0.3 is 10.1 Å². The lowest BCUT2D eigenvalue weighted by atomic mass is 10.2. The zero-order valence-corrected chi connectivity index (χ0v) is 15.7. The summed E-state index contributed by atoms with van der Waals surface area (Å²) in [6.07, 6.45) is -4.40. The molecule has 0 unspecified atom stereocenters. The number of amidine groups is 1. The van der Waals surface area contributed by atoms with E-state index in [0.717, 1.165) is 11.6 Å². The number of para-hydroxylation sites is 1. The summed E-state index contributed by atoms with van der Waals surface area (Å²) >= 11 is 0. The molecule has 152 valence electrons. The zero-order chi connectivity index (χ0) is 20.8. The van der Waals surface area contributed by atoms with Gasteiger partial charge in [0.15, 0.2) is 0 Å². The Balaban J connectivity index is 0.000000221. The van der Waals surface area contributed by atoms with E-state index in [-0.39, 0.29) is 17.3 Å². The fourth-order valence-electron chi connectivity index (χ4n) is 2.23. The molecule has 3 rings (SSSR count). The third-order valence-corrected chi connectivity index (χ3v) is 4.49. The molecule has 0 radical (unpaired) electrons. The van der Waals surface area contributed by atoms with Gasteiger partial charge in [-0.2, -0.15) is 21.6 Å². The third-order valence-electron chi connectivity index (χ3n) is 3.62. The van der Waals surface area contributed by atoms with Gasteiger partial charge in [0.2, 0.25) is 0 Å². The van der Waals surface area contributed by atoms with Crippen LogP contribution in [-0.2, 0) is 16.3 Å². The molecule has 0 saturated heterocycles. The van der Waals surface area contributed by atoms with Gasteiger partial charge in [-0.1, -0.05) is 29.8 Å². The number of hydrogen-bond acceptors (Lipinski definition) is 5. The molecule has 10 heteroatoms. The molecular formula is C18H19F3N2O4S. The number of nitrogens with one attached hydrogen (secondary N) is 1. The second kappa shape index (κ2) is 9.07. The van der Waals surface area contributed by atoms with Crippen LogP contribution in [0.15, 0.2) is 58.4 Å². The van der Waals surface area contributed by atoms with Gasteiger partial charge in [0.05, 0.1) is 17.0 Å². The van der Waals surface area contributed by atoms with Crippen molar-refractivity contribution in [3.05, 3.63) is 59.7 Å². The number of aliphatic imine (C=N–C) groups is 1. The van der Waals surface area contributed by atoms with Crippen molar-refractivity contribution in [3.63, 3.8) is 0 Å². The molecule has 0 saturated carbocycles. The molecule has 6 nitrogen and oxygen atoms in total. The van der Waals surface area contributed by atoms with E-state index in [9.17, 15) is 21.6 Å². The monoisotopic (exact) mass is 416 g/mol. The molecule has 0 atom stereocenters. The lowest BCUT2D eigenvalue weighted by Crippen LogP contribution is -2.25. The van der Waals surface area contributed by atoms with E-state index >= 15 is 0 Å². The van der Waals surface area contributed by atoms with Crippen LogP contribution in [-0.4, -0.2) is 38.5 Å². The first kappa shape index (κ1) is 21.7. The molecule has 0 aliphatic carbocycles. The fraction of sp³-hybridized carbons (Fsp3) is 0.278. The van der Waals surface area contributed by atoms with Crippen LogP contribution < -0.4 is 10.1 Å². The summed E-state index contributed by atoms with van der Waals surface area (Å²) in [5.41, 5.74) is 0.191. The summed E-state index contributed by atoms with van der Waals surface area (Å²) in [7, 11) is -4.02. The van der Waals surface area contributed by atoms with E-state index in [4.69, 9.17) is 9.29 Å². The zero-order valence-electron chi connectivity index (χ0n) is 14.9. The maximum Gasteiger partial charge on any atom is 0.419 e. The van der Waals surface area contributed by atoms with E-state index in [1.54, 1.807) is 12.1 Å². The Bertz CT molecular complexity index is 927. The Morgan fingerprint density at radius 2 is 1.79 bits per heavy atom. The van der Waals surface area contributed by atoms with Gasteiger partial charge in [0.1, 0.15) is 18.2 Å². The van der Waals surface area contributed by atoms with Gasteiger partial charge in [-0.05, 0) is 31.2 Å². The number of benzene rings is 2. The van der Waals surface area contributed by atoms with Crippen LogP contribution in [0.4, 0.5) is 13.2 Å². The van der Waals surface area contributed by atoms with Crippen LogP contribution in [0.5, 0.6) is 5.75 Å². The van der Waals surface area contributed by atoms with Crippen molar-refractivity contribution in [2.45, 2.75) is 18.0 Å². The number of aryl methyl sites for hydroxylation is 1. The second-order valence-corrected chi connectivity index (χ2v) is 7.25. The SMILES string of the molecule is Cc1ccc(S(=O)(=O)O)cc1.FC(F)(F)c1ccccc1OCC1=NCCN1. The minimum atomic E-state index is -4.40. The first-order chi connectivity index (χ1) is 13.1. The molecule has 2 aromatic rings. The molecule has 1 heterocycles. The maximum absolute atomic E-state index is 12.6. The summed E-state index contributed by atoms with van der Waals surface area (Å²) in [4.78, 5) is 3.98. The first-order valence-electron chi connectivity index (χ1n) is 8.18. The minimum Gasteiger partial charge on any atom is -0.485 e. The van der Waals surface area contributed by atoms with Crippen molar-refractivity contribution in [2.75, 3.05) is 19.7 Å². The average molecular weight is 416 g/mol. The summed E-state index contributed by atoms with van der Waals surface area (Å²) in [5.74, 6) is 0.415. The highest BCUT2D eigenvalue weighted by Gasteiger charge is 2.34. The molecular weight excluding hydrogens is 397 g/mol. The van der Waals surface area contributed by atoms with Crippen LogP contribution >= 0.6 is 0 Å². The Hall–Kier alpha value is -2.59. The van der Waals surface area contributed by atoms with Gasteiger partial charge in [0, 0.05) is 6.54 Å². The van der Waals surface area contributed by atoms with Crippen molar-refractivity contribution in [1.29, 1.82) is 0 Å². The predicted octanol–water partition coefficient (Wildman–Crippen LogP) is 3.33. The summed E-state index contributed by atoms with van der Waals surface area (Å²) in [6, 6.07) is 11.1. The Morgan fingerprint density at radius 1 is 1.14 bits per heavy atom. The summed E-state index contributed by atoms with van der Waals surface area (Å²) in [5, 5.41) is 2.93. The number of ether oxygens (including phenoxy) is 1. The largest absolute Gasteiger partial charge is 0.485 e. The van der Waals surface area contributed by atoms with E-state index in [0.29, 0.717) is 18.9 Å². The molecule has 0 aromatic heterocycles. The molecule has 1 aliphatic heterocycles. The lowest BCUT2D eigenvalue weighted by molar-refractivity contribution is -0.138. The number of nitrogens with zero attached hydrogens (tertiary/aromatic N) is 1. The van der Waals surface area contributed by atoms with Crippen molar-refractivity contribution in [1.82, 2.24) is 5.32 Å². The van der Waals surface area contributed by atoms with E-state index in [2.05, 4.69) is 10.3 Å². The maximum atomic E-state index is 12.6. The van der Waals surface area contributed by atoms with E-state index in [1.165, 1.54) is 30.3 Å². The van der Waals surface area contributed by atoms with Crippen molar-refractivity contribution in [3.8, 4) is 5.75 Å². The standard InChI is InChI=1S/C11H11F3N2O.C7H8O3S/c12-11(13,14)8-3-1-2-4-9(8)17-7-10-15-5-6-16-10;1-6-2-4-7(5-3-6)11(8,9)10/h1-4H,5-7H2,(H,15,16);2-5H,1H3,(H,8,9,10). The van der Waals surface area contributed by atoms with Gasteiger partial charge in [-0.3, -0.25) is 9.55 Å². The van der Waals surface area contributed by atoms with Crippen molar-refractivity contribution >= 4 is 16.0 Å². The van der Waals surface area contributed by atoms with Crippen LogP contribution in [0.1, 0.15) is 11.1 Å². The fourth-order valence-corrected chi connectivity index (χ4v) is 2.71. The Morgan fingerprint density at radius 3 is 2.32 bits per heavy atom. The molecule has 2 aromatic carbocycles. The number of rotatable bonds is 4. The smallest absolute Gasteiger partial charge is 0.419 e. The van der Waals surface area contributed by atoms with Crippen LogP contribution in [0, 0.1) is 6.92 Å². The number of hydrogen-bond donors (Lipinski definition) is 2. The topological polar surface area (TPSA) is 88.0 Å². The van der Waals surface area contributed by atoms with Crippen LogP contribution in [0.25, 0.3) is 0 Å². The predicted molar refractivity (Wildman–Crippen MR) is 98.2 cm³/mol. The van der Waals surface area contributed by atoms with Crippen LogP contribution in [0.3, 0.4) is 0 Å². The van der Waals surface area contributed by atoms with Gasteiger partial charge in [-0.25, -0.2) is 0 Å². The highest BCUT2D eigenvalue weighted by atomic mass is 32.2. The summed E-state index contributed by atoms with van der Waals surface area (Å²) in [6.45, 7) is 3.22. The lowest BCUT2D eigenvalue weighted by Gasteiger charge is -2.13. The molecule has 0 amide bonds. The average Bonchev–Trinajstić information content (AvgIpc) is 3.13. The van der Waals surface area contributed by atoms with Crippen molar-refractivity contribution in [2.24, 2.45) is 4.99 Å². The highest BCUT2D eigenvalue weighted by Crippen LogP contribution is 2.35.